The van der Waals surface area contributed by atoms with Crippen LogP contribution in [0.2, 0.25) is 0 Å². The highest BCUT2D eigenvalue weighted by molar-refractivity contribution is 6.01. The lowest BCUT2D eigenvalue weighted by molar-refractivity contribution is -0.120. The molecule has 1 aliphatic heterocycles. The molecule has 2 N–H and O–H groups in total. The van der Waals surface area contributed by atoms with Gasteiger partial charge in [0.2, 0.25) is 11.8 Å². The number of hydrogen-bond acceptors (Lipinski definition) is 5. The summed E-state index contributed by atoms with van der Waals surface area (Å²) in [6.45, 7) is 1.62. The molecule has 1 fully saturated rings. The minimum absolute atomic E-state index is 0.0153. The van der Waals surface area contributed by atoms with Crippen LogP contribution in [-0.2, 0) is 9.59 Å². The normalized spacial score (nSPS) is 14.8. The Morgan fingerprint density at radius 3 is 3.00 bits per heavy atom. The number of hydrogen-bond donors (Lipinski definition) is 2. The van der Waals surface area contributed by atoms with E-state index in [2.05, 4.69) is 15.6 Å². The van der Waals surface area contributed by atoms with E-state index in [4.69, 9.17) is 4.42 Å². The lowest BCUT2D eigenvalue weighted by Gasteiger charge is -2.27. The number of piperazine rings is 1. The van der Waals surface area contributed by atoms with Gasteiger partial charge in [0.1, 0.15) is 11.6 Å². The van der Waals surface area contributed by atoms with Gasteiger partial charge in [-0.3, -0.25) is 9.59 Å². The molecule has 3 heterocycles. The van der Waals surface area contributed by atoms with Crippen molar-refractivity contribution in [3.8, 4) is 0 Å². The Morgan fingerprint density at radius 1 is 1.39 bits per heavy atom. The molecule has 0 saturated carbocycles. The highest BCUT2D eigenvalue weighted by Gasteiger charge is 2.17. The number of furan rings is 1. The van der Waals surface area contributed by atoms with Crippen LogP contribution in [-0.4, -0.2) is 36.4 Å². The monoisotopic (exact) mass is 312 g/mol. The molecule has 0 bridgehead atoms. The summed E-state index contributed by atoms with van der Waals surface area (Å²) < 4.78 is 5.11. The van der Waals surface area contributed by atoms with Gasteiger partial charge in [0.15, 0.2) is 0 Å². The maximum absolute atomic E-state index is 11.8. The van der Waals surface area contributed by atoms with E-state index in [1.54, 1.807) is 42.8 Å². The number of carbonyl (C=O) groups is 2. The molecular weight excluding hydrogens is 296 g/mol. The highest BCUT2D eigenvalue weighted by Crippen LogP contribution is 2.15. The number of anilines is 2. The summed E-state index contributed by atoms with van der Waals surface area (Å²) in [6, 6.07) is 7.05. The molecule has 0 radical (unpaired) electrons. The third-order valence-electron chi connectivity index (χ3n) is 3.32. The Bertz CT molecular complexity index is 707. The lowest BCUT2D eigenvalue weighted by atomic mass is 10.3. The zero-order chi connectivity index (χ0) is 16.1. The van der Waals surface area contributed by atoms with Crippen LogP contribution in [0.25, 0.3) is 6.08 Å². The van der Waals surface area contributed by atoms with Gasteiger partial charge in [-0.1, -0.05) is 0 Å². The molecule has 2 aromatic rings. The fourth-order valence-corrected chi connectivity index (χ4v) is 2.21. The van der Waals surface area contributed by atoms with E-state index in [-0.39, 0.29) is 11.8 Å². The van der Waals surface area contributed by atoms with Crippen molar-refractivity contribution in [3.63, 3.8) is 0 Å². The first-order chi connectivity index (χ1) is 11.2. The second-order valence-corrected chi connectivity index (χ2v) is 5.01. The van der Waals surface area contributed by atoms with E-state index in [1.165, 1.54) is 6.08 Å². The van der Waals surface area contributed by atoms with Gasteiger partial charge in [0.05, 0.1) is 24.7 Å². The maximum atomic E-state index is 11.8. The van der Waals surface area contributed by atoms with Crippen molar-refractivity contribution in [3.05, 3.63) is 48.6 Å². The van der Waals surface area contributed by atoms with Gasteiger partial charge in [-0.15, -0.1) is 0 Å². The molecule has 0 atom stereocenters. The van der Waals surface area contributed by atoms with Crippen molar-refractivity contribution in [2.75, 3.05) is 29.9 Å². The first kappa shape index (κ1) is 14.8. The van der Waals surface area contributed by atoms with E-state index < -0.39 is 0 Å². The molecule has 7 heteroatoms. The van der Waals surface area contributed by atoms with Crippen LogP contribution in [0.1, 0.15) is 5.76 Å². The fourth-order valence-electron chi connectivity index (χ4n) is 2.21. The number of amides is 2. The Kier molecular flexibility index (Phi) is 4.37. The van der Waals surface area contributed by atoms with Crippen molar-refractivity contribution in [1.82, 2.24) is 10.3 Å². The third-order valence-corrected chi connectivity index (χ3v) is 3.32. The lowest BCUT2D eigenvalue weighted by Crippen LogP contribution is -2.48. The smallest absolute Gasteiger partial charge is 0.248 e. The van der Waals surface area contributed by atoms with Crippen molar-refractivity contribution in [2.24, 2.45) is 0 Å². The molecule has 118 valence electrons. The maximum Gasteiger partial charge on any atom is 0.248 e. The minimum Gasteiger partial charge on any atom is -0.465 e. The highest BCUT2D eigenvalue weighted by atomic mass is 16.3. The van der Waals surface area contributed by atoms with Gasteiger partial charge < -0.3 is 20.0 Å². The van der Waals surface area contributed by atoms with Crippen molar-refractivity contribution < 1.29 is 14.0 Å². The number of rotatable bonds is 4. The first-order valence-electron chi connectivity index (χ1n) is 7.21. The number of carbonyl (C=O) groups excluding carboxylic acids is 2. The quantitative estimate of drug-likeness (QED) is 0.830. The predicted octanol–water partition coefficient (Wildman–Crippen LogP) is 1.26. The van der Waals surface area contributed by atoms with Crippen LogP contribution in [0.3, 0.4) is 0 Å². The van der Waals surface area contributed by atoms with Gasteiger partial charge in [0, 0.05) is 19.2 Å². The van der Waals surface area contributed by atoms with Crippen LogP contribution in [0.15, 0.2) is 47.2 Å². The van der Waals surface area contributed by atoms with Gasteiger partial charge in [-0.05, 0) is 30.3 Å². The summed E-state index contributed by atoms with van der Waals surface area (Å²) in [4.78, 5) is 29.4. The average Bonchev–Trinajstić information content (AvgIpc) is 3.07. The topological polar surface area (TPSA) is 87.5 Å². The van der Waals surface area contributed by atoms with Gasteiger partial charge in [-0.2, -0.15) is 0 Å². The molecule has 23 heavy (non-hydrogen) atoms. The van der Waals surface area contributed by atoms with E-state index in [0.717, 1.165) is 6.54 Å². The van der Waals surface area contributed by atoms with Crippen LogP contribution in [0.5, 0.6) is 0 Å². The summed E-state index contributed by atoms with van der Waals surface area (Å²) in [5.74, 6) is 1.03. The molecule has 0 unspecified atom stereocenters. The molecule has 1 aliphatic rings. The van der Waals surface area contributed by atoms with Gasteiger partial charge >= 0.3 is 0 Å². The van der Waals surface area contributed by atoms with E-state index in [0.29, 0.717) is 30.4 Å². The number of pyridine rings is 1. The van der Waals surface area contributed by atoms with Crippen LogP contribution in [0.4, 0.5) is 11.5 Å². The molecule has 3 rings (SSSR count). The summed E-state index contributed by atoms with van der Waals surface area (Å²) in [5.41, 5.74) is 0.587. The zero-order valence-electron chi connectivity index (χ0n) is 12.4. The first-order valence-corrected chi connectivity index (χ1v) is 7.21. The van der Waals surface area contributed by atoms with Crippen molar-refractivity contribution in [1.29, 1.82) is 0 Å². The Balaban J connectivity index is 1.58. The molecule has 7 nitrogen and oxygen atoms in total. The summed E-state index contributed by atoms with van der Waals surface area (Å²) in [6.07, 6.45) is 6.09. The standard InChI is InChI=1S/C16H16N4O3/c21-15(6-4-13-2-1-9-23-13)19-12-3-5-14(18-10-12)20-8-7-17-16(22)11-20/h1-6,9-10H,7-8,11H2,(H,17,22)(H,19,21). The summed E-state index contributed by atoms with van der Waals surface area (Å²) in [5, 5.41) is 5.48. The minimum atomic E-state index is -0.270. The molecule has 2 aromatic heterocycles. The third kappa shape index (κ3) is 3.97. The molecular formula is C16H16N4O3. The molecule has 0 spiro atoms. The largest absolute Gasteiger partial charge is 0.465 e. The SMILES string of the molecule is O=C(C=Cc1ccco1)Nc1ccc(N2CCNC(=O)C2)nc1. The van der Waals surface area contributed by atoms with Crippen molar-refractivity contribution >= 4 is 29.4 Å². The van der Waals surface area contributed by atoms with Crippen molar-refractivity contribution in [2.45, 2.75) is 0 Å². The van der Waals surface area contributed by atoms with Crippen LogP contribution < -0.4 is 15.5 Å². The second kappa shape index (κ2) is 6.78. The fraction of sp³-hybridized carbons (Fsp3) is 0.188. The average molecular weight is 312 g/mol. The molecule has 0 aliphatic carbocycles. The molecule has 1 saturated heterocycles. The van der Waals surface area contributed by atoms with Gasteiger partial charge in [0.25, 0.3) is 0 Å². The Labute approximate surface area is 133 Å². The Morgan fingerprint density at radius 2 is 2.30 bits per heavy atom. The molecule has 2 amide bonds. The Hall–Kier alpha value is -3.09. The second-order valence-electron chi connectivity index (χ2n) is 5.01. The van der Waals surface area contributed by atoms with Crippen LogP contribution in [0, 0.1) is 0 Å². The number of aromatic nitrogens is 1. The number of nitrogens with one attached hydrogen (secondary N) is 2. The van der Waals surface area contributed by atoms with E-state index >= 15 is 0 Å². The summed E-state index contributed by atoms with van der Waals surface area (Å²) >= 11 is 0. The predicted molar refractivity (Wildman–Crippen MR) is 85.8 cm³/mol. The van der Waals surface area contributed by atoms with E-state index in [9.17, 15) is 9.59 Å². The van der Waals surface area contributed by atoms with Gasteiger partial charge in [-0.25, -0.2) is 4.98 Å². The molecule has 0 aromatic carbocycles. The summed E-state index contributed by atoms with van der Waals surface area (Å²) in [7, 11) is 0. The van der Waals surface area contributed by atoms with E-state index in [1.807, 2.05) is 4.90 Å². The zero-order valence-corrected chi connectivity index (χ0v) is 12.4. The van der Waals surface area contributed by atoms with Crippen LogP contribution >= 0.6 is 0 Å². The number of nitrogens with zero attached hydrogens (tertiary/aromatic N) is 2.